The number of hydrogen-bond acceptors (Lipinski definition) is 5. The zero-order valence-electron chi connectivity index (χ0n) is 9.57. The first-order valence-corrected chi connectivity index (χ1v) is 5.50. The Kier molecular flexibility index (Phi) is 3.05. The van der Waals surface area contributed by atoms with E-state index < -0.39 is 16.8 Å². The lowest BCUT2D eigenvalue weighted by Crippen LogP contribution is -2.23. The highest BCUT2D eigenvalue weighted by Crippen LogP contribution is 2.33. The van der Waals surface area contributed by atoms with Crippen LogP contribution in [0, 0.1) is 16.0 Å². The predicted octanol–water partition coefficient (Wildman–Crippen LogP) is 1.09. The van der Waals surface area contributed by atoms with Gasteiger partial charge in [-0.1, -0.05) is 0 Å². The van der Waals surface area contributed by atoms with Crippen LogP contribution >= 0.6 is 0 Å². The summed E-state index contributed by atoms with van der Waals surface area (Å²) in [6.45, 7) is 0.765. The maximum Gasteiger partial charge on any atom is 0.308 e. The number of rotatable bonds is 3. The molecule has 1 fully saturated rings. The maximum absolute atomic E-state index is 10.9. The summed E-state index contributed by atoms with van der Waals surface area (Å²) in [6, 6.07) is 4.33. The lowest BCUT2D eigenvalue weighted by atomic mass is 10.1. The molecular weight excluding hydrogens is 238 g/mol. The SMILES string of the molecule is Nc1ccc([N+](=O)[O-])c(N2CCC(C(=O)O)C2)c1. The summed E-state index contributed by atoms with van der Waals surface area (Å²) in [5.41, 5.74) is 6.40. The van der Waals surface area contributed by atoms with E-state index in [2.05, 4.69) is 0 Å². The second-order valence-electron chi connectivity index (χ2n) is 4.28. The van der Waals surface area contributed by atoms with Gasteiger partial charge < -0.3 is 15.7 Å². The summed E-state index contributed by atoms with van der Waals surface area (Å²) in [7, 11) is 0. The smallest absolute Gasteiger partial charge is 0.308 e. The second-order valence-corrected chi connectivity index (χ2v) is 4.28. The molecule has 1 unspecified atom stereocenters. The molecule has 1 heterocycles. The van der Waals surface area contributed by atoms with Gasteiger partial charge in [0.25, 0.3) is 5.69 Å². The van der Waals surface area contributed by atoms with E-state index in [1.807, 2.05) is 0 Å². The zero-order chi connectivity index (χ0) is 13.3. The number of anilines is 2. The van der Waals surface area contributed by atoms with Crippen LogP contribution in [0.2, 0.25) is 0 Å². The van der Waals surface area contributed by atoms with Gasteiger partial charge in [0.05, 0.1) is 10.8 Å². The monoisotopic (exact) mass is 251 g/mol. The highest BCUT2D eigenvalue weighted by Gasteiger charge is 2.31. The van der Waals surface area contributed by atoms with Gasteiger partial charge in [0.2, 0.25) is 0 Å². The quantitative estimate of drug-likeness (QED) is 0.472. The lowest BCUT2D eigenvalue weighted by molar-refractivity contribution is -0.384. The third-order valence-electron chi connectivity index (χ3n) is 3.07. The highest BCUT2D eigenvalue weighted by atomic mass is 16.6. The molecule has 2 rings (SSSR count). The number of nitrogens with zero attached hydrogens (tertiary/aromatic N) is 2. The molecule has 96 valence electrons. The Labute approximate surface area is 103 Å². The number of nitro benzene ring substituents is 1. The Balaban J connectivity index is 2.31. The van der Waals surface area contributed by atoms with Crippen molar-refractivity contribution in [2.45, 2.75) is 6.42 Å². The summed E-state index contributed by atoms with van der Waals surface area (Å²) in [5.74, 6) is -1.35. The summed E-state index contributed by atoms with van der Waals surface area (Å²) >= 11 is 0. The van der Waals surface area contributed by atoms with Crippen LogP contribution in [0.5, 0.6) is 0 Å². The molecule has 7 heteroatoms. The molecule has 0 aromatic heterocycles. The van der Waals surface area contributed by atoms with Gasteiger partial charge >= 0.3 is 5.97 Å². The van der Waals surface area contributed by atoms with Gasteiger partial charge in [-0.2, -0.15) is 0 Å². The number of carboxylic acid groups (broad SMARTS) is 1. The first kappa shape index (κ1) is 12.2. The topological polar surface area (TPSA) is 110 Å². The van der Waals surface area contributed by atoms with Crippen LogP contribution in [0.3, 0.4) is 0 Å². The van der Waals surface area contributed by atoms with Crippen LogP contribution in [-0.2, 0) is 4.79 Å². The molecule has 1 aliphatic heterocycles. The predicted molar refractivity (Wildman–Crippen MR) is 65.5 cm³/mol. The largest absolute Gasteiger partial charge is 0.481 e. The number of nitrogens with two attached hydrogens (primary N) is 1. The molecule has 0 radical (unpaired) electrons. The third kappa shape index (κ3) is 2.20. The fraction of sp³-hybridized carbons (Fsp3) is 0.364. The van der Waals surface area contributed by atoms with Gasteiger partial charge in [-0.25, -0.2) is 0 Å². The molecule has 1 saturated heterocycles. The van der Waals surface area contributed by atoms with E-state index in [0.29, 0.717) is 24.3 Å². The van der Waals surface area contributed by atoms with Crippen molar-refractivity contribution in [1.29, 1.82) is 0 Å². The molecule has 7 nitrogen and oxygen atoms in total. The fourth-order valence-corrected chi connectivity index (χ4v) is 2.13. The Morgan fingerprint density at radius 3 is 2.83 bits per heavy atom. The number of carbonyl (C=O) groups is 1. The van der Waals surface area contributed by atoms with E-state index in [1.54, 1.807) is 4.90 Å². The molecule has 1 aromatic carbocycles. The molecule has 0 aliphatic carbocycles. The minimum absolute atomic E-state index is 0.0461. The van der Waals surface area contributed by atoms with Crippen LogP contribution in [0.25, 0.3) is 0 Å². The van der Waals surface area contributed by atoms with Gasteiger partial charge in [-0.05, 0) is 18.6 Å². The number of hydrogen-bond donors (Lipinski definition) is 2. The zero-order valence-corrected chi connectivity index (χ0v) is 9.57. The van der Waals surface area contributed by atoms with Crippen molar-refractivity contribution in [2.24, 2.45) is 5.92 Å². The average Bonchev–Trinajstić information content (AvgIpc) is 2.77. The highest BCUT2D eigenvalue weighted by molar-refractivity contribution is 5.74. The number of nitro groups is 1. The number of aliphatic carboxylic acids is 1. The van der Waals surface area contributed by atoms with E-state index in [4.69, 9.17) is 10.8 Å². The van der Waals surface area contributed by atoms with Crippen LogP contribution in [0.4, 0.5) is 17.1 Å². The van der Waals surface area contributed by atoms with Gasteiger partial charge in [0, 0.05) is 24.8 Å². The van der Waals surface area contributed by atoms with Gasteiger partial charge in [0.15, 0.2) is 0 Å². The Hall–Kier alpha value is -2.31. The number of benzene rings is 1. The minimum atomic E-state index is -0.871. The van der Waals surface area contributed by atoms with Crippen molar-refractivity contribution in [2.75, 3.05) is 23.7 Å². The van der Waals surface area contributed by atoms with Crippen LogP contribution < -0.4 is 10.6 Å². The van der Waals surface area contributed by atoms with Crippen molar-refractivity contribution < 1.29 is 14.8 Å². The summed E-state index contributed by atoms with van der Waals surface area (Å²) < 4.78 is 0. The van der Waals surface area contributed by atoms with Crippen LogP contribution in [-0.4, -0.2) is 29.1 Å². The molecule has 0 saturated carbocycles. The van der Waals surface area contributed by atoms with Crippen LogP contribution in [0.15, 0.2) is 18.2 Å². The van der Waals surface area contributed by atoms with E-state index >= 15 is 0 Å². The van der Waals surface area contributed by atoms with E-state index in [-0.39, 0.29) is 12.2 Å². The van der Waals surface area contributed by atoms with Gasteiger partial charge in [-0.15, -0.1) is 0 Å². The summed E-state index contributed by atoms with van der Waals surface area (Å²) in [4.78, 5) is 23.0. The normalized spacial score (nSPS) is 18.9. The molecule has 1 aromatic rings. The summed E-state index contributed by atoms with van der Waals surface area (Å²) in [6.07, 6.45) is 0.487. The molecule has 1 aliphatic rings. The summed E-state index contributed by atoms with van der Waals surface area (Å²) in [5, 5.41) is 19.9. The first-order valence-electron chi connectivity index (χ1n) is 5.50. The maximum atomic E-state index is 10.9. The van der Waals surface area contributed by atoms with Crippen molar-refractivity contribution in [3.8, 4) is 0 Å². The number of nitrogen functional groups attached to an aromatic ring is 1. The first-order chi connectivity index (χ1) is 8.49. The van der Waals surface area contributed by atoms with Gasteiger partial charge in [0.1, 0.15) is 5.69 Å². The Bertz CT molecular complexity index is 503. The molecular formula is C11H13N3O4. The molecule has 0 amide bonds. The van der Waals surface area contributed by atoms with E-state index in [1.165, 1.54) is 18.2 Å². The van der Waals surface area contributed by atoms with Crippen molar-refractivity contribution in [3.63, 3.8) is 0 Å². The average molecular weight is 251 g/mol. The number of carboxylic acids is 1. The van der Waals surface area contributed by atoms with E-state index in [0.717, 1.165) is 0 Å². The van der Waals surface area contributed by atoms with Crippen molar-refractivity contribution >= 4 is 23.0 Å². The van der Waals surface area contributed by atoms with E-state index in [9.17, 15) is 14.9 Å². The van der Waals surface area contributed by atoms with Gasteiger partial charge in [-0.3, -0.25) is 14.9 Å². The van der Waals surface area contributed by atoms with Crippen LogP contribution in [0.1, 0.15) is 6.42 Å². The minimum Gasteiger partial charge on any atom is -0.481 e. The Morgan fingerprint density at radius 1 is 1.56 bits per heavy atom. The molecule has 3 N–H and O–H groups in total. The molecule has 18 heavy (non-hydrogen) atoms. The molecule has 0 spiro atoms. The van der Waals surface area contributed by atoms with Crippen molar-refractivity contribution in [1.82, 2.24) is 0 Å². The second kappa shape index (κ2) is 4.52. The standard InChI is InChI=1S/C11H13N3O4/c12-8-1-2-9(14(17)18)10(5-8)13-4-3-7(6-13)11(15)16/h1-2,5,7H,3-4,6,12H2,(H,15,16). The molecule has 0 bridgehead atoms. The Morgan fingerprint density at radius 2 is 2.28 bits per heavy atom. The third-order valence-corrected chi connectivity index (χ3v) is 3.07. The van der Waals surface area contributed by atoms with Crippen molar-refractivity contribution in [3.05, 3.63) is 28.3 Å². The molecule has 1 atom stereocenters. The lowest BCUT2D eigenvalue weighted by Gasteiger charge is -2.18. The fourth-order valence-electron chi connectivity index (χ4n) is 2.13.